The second kappa shape index (κ2) is 3.50. The molecule has 0 aromatic heterocycles. The maximum atomic E-state index is 9.61. The lowest BCUT2D eigenvalue weighted by Gasteiger charge is -2.24. The Labute approximate surface area is 83.7 Å². The van der Waals surface area contributed by atoms with Gasteiger partial charge in [0.2, 0.25) is 0 Å². The molecule has 1 heterocycles. The Hall–Kier alpha value is -1.22. The molecule has 76 valence electrons. The SMILES string of the molecule is COc1cc2c(cc1O)CCNC2C. The third-order valence-corrected chi connectivity index (χ3v) is 2.75. The number of aromatic hydroxyl groups is 1. The summed E-state index contributed by atoms with van der Waals surface area (Å²) in [5, 5.41) is 13.0. The molecule has 0 radical (unpaired) electrons. The fourth-order valence-corrected chi connectivity index (χ4v) is 1.94. The highest BCUT2D eigenvalue weighted by Gasteiger charge is 2.18. The lowest BCUT2D eigenvalue weighted by Crippen LogP contribution is -2.27. The van der Waals surface area contributed by atoms with Crippen LogP contribution in [0.5, 0.6) is 11.5 Å². The van der Waals surface area contributed by atoms with Crippen LogP contribution < -0.4 is 10.1 Å². The van der Waals surface area contributed by atoms with E-state index in [1.807, 2.05) is 12.1 Å². The summed E-state index contributed by atoms with van der Waals surface area (Å²) in [4.78, 5) is 0. The molecular weight excluding hydrogens is 178 g/mol. The van der Waals surface area contributed by atoms with E-state index in [4.69, 9.17) is 4.74 Å². The minimum absolute atomic E-state index is 0.236. The predicted molar refractivity (Wildman–Crippen MR) is 54.8 cm³/mol. The first-order valence-electron chi connectivity index (χ1n) is 4.85. The van der Waals surface area contributed by atoms with Gasteiger partial charge in [0, 0.05) is 6.04 Å². The third kappa shape index (κ3) is 1.44. The zero-order valence-electron chi connectivity index (χ0n) is 8.50. The van der Waals surface area contributed by atoms with Crippen LogP contribution >= 0.6 is 0 Å². The Morgan fingerprint density at radius 3 is 3.00 bits per heavy atom. The van der Waals surface area contributed by atoms with E-state index >= 15 is 0 Å². The van der Waals surface area contributed by atoms with E-state index in [0.717, 1.165) is 13.0 Å². The Bertz CT molecular complexity index is 349. The molecular formula is C11H15NO2. The normalized spacial score (nSPS) is 20.3. The summed E-state index contributed by atoms with van der Waals surface area (Å²) in [6.07, 6.45) is 0.969. The number of benzene rings is 1. The van der Waals surface area contributed by atoms with Gasteiger partial charge in [-0.3, -0.25) is 0 Å². The second-order valence-electron chi connectivity index (χ2n) is 3.65. The lowest BCUT2D eigenvalue weighted by molar-refractivity contribution is 0.370. The number of hydrogen-bond donors (Lipinski definition) is 2. The number of rotatable bonds is 1. The number of phenols is 1. The van der Waals surface area contributed by atoms with E-state index in [-0.39, 0.29) is 5.75 Å². The van der Waals surface area contributed by atoms with Gasteiger partial charge in [0.1, 0.15) is 0 Å². The lowest BCUT2D eigenvalue weighted by atomic mass is 9.95. The largest absolute Gasteiger partial charge is 0.504 e. The maximum absolute atomic E-state index is 9.61. The predicted octanol–water partition coefficient (Wildman–Crippen LogP) is 1.61. The Morgan fingerprint density at radius 2 is 2.29 bits per heavy atom. The summed E-state index contributed by atoms with van der Waals surface area (Å²) in [5.41, 5.74) is 2.44. The van der Waals surface area contributed by atoms with Crippen molar-refractivity contribution in [3.8, 4) is 11.5 Å². The molecule has 3 nitrogen and oxygen atoms in total. The summed E-state index contributed by atoms with van der Waals surface area (Å²) in [6, 6.07) is 4.07. The van der Waals surface area contributed by atoms with Crippen LogP contribution in [0.25, 0.3) is 0 Å². The topological polar surface area (TPSA) is 41.5 Å². The van der Waals surface area contributed by atoms with Gasteiger partial charge in [-0.25, -0.2) is 0 Å². The van der Waals surface area contributed by atoms with Gasteiger partial charge in [0.15, 0.2) is 11.5 Å². The number of fused-ring (bicyclic) bond motifs is 1. The van der Waals surface area contributed by atoms with Gasteiger partial charge in [0.25, 0.3) is 0 Å². The van der Waals surface area contributed by atoms with Crippen molar-refractivity contribution in [3.05, 3.63) is 23.3 Å². The van der Waals surface area contributed by atoms with Gasteiger partial charge in [-0.1, -0.05) is 0 Å². The van der Waals surface area contributed by atoms with E-state index in [0.29, 0.717) is 11.8 Å². The summed E-state index contributed by atoms with van der Waals surface area (Å²) in [5.74, 6) is 0.791. The van der Waals surface area contributed by atoms with Crippen molar-refractivity contribution in [1.82, 2.24) is 5.32 Å². The van der Waals surface area contributed by atoms with Gasteiger partial charge in [-0.2, -0.15) is 0 Å². The molecule has 1 aromatic carbocycles. The van der Waals surface area contributed by atoms with E-state index in [2.05, 4.69) is 12.2 Å². The number of ether oxygens (including phenoxy) is 1. The smallest absolute Gasteiger partial charge is 0.160 e. The number of nitrogens with one attached hydrogen (secondary N) is 1. The molecule has 3 heteroatoms. The Balaban J connectivity index is 2.49. The van der Waals surface area contributed by atoms with Crippen LogP contribution in [0, 0.1) is 0 Å². The average molecular weight is 193 g/mol. The fourth-order valence-electron chi connectivity index (χ4n) is 1.94. The van der Waals surface area contributed by atoms with Crippen molar-refractivity contribution in [3.63, 3.8) is 0 Å². The first-order valence-corrected chi connectivity index (χ1v) is 4.85. The Morgan fingerprint density at radius 1 is 1.50 bits per heavy atom. The minimum atomic E-state index is 0.236. The monoisotopic (exact) mass is 193 g/mol. The first kappa shape index (κ1) is 9.34. The zero-order valence-corrected chi connectivity index (χ0v) is 8.50. The number of methoxy groups -OCH3 is 1. The van der Waals surface area contributed by atoms with Crippen LogP contribution in [0.15, 0.2) is 12.1 Å². The average Bonchev–Trinajstić information content (AvgIpc) is 2.17. The molecule has 0 saturated heterocycles. The van der Waals surface area contributed by atoms with Crippen LogP contribution in [0.2, 0.25) is 0 Å². The van der Waals surface area contributed by atoms with Gasteiger partial charge in [0.05, 0.1) is 7.11 Å². The summed E-state index contributed by atoms with van der Waals surface area (Å²) in [6.45, 7) is 3.09. The standard InChI is InChI=1S/C11H15NO2/c1-7-9-6-11(14-2)10(13)5-8(9)3-4-12-7/h5-7,12-13H,3-4H2,1-2H3. The van der Waals surface area contributed by atoms with Crippen LogP contribution in [0.4, 0.5) is 0 Å². The van der Waals surface area contributed by atoms with Crippen LogP contribution in [0.3, 0.4) is 0 Å². The molecule has 1 aromatic rings. The molecule has 2 rings (SSSR count). The highest BCUT2D eigenvalue weighted by atomic mass is 16.5. The van der Waals surface area contributed by atoms with Crippen LogP contribution in [0.1, 0.15) is 24.1 Å². The summed E-state index contributed by atoms with van der Waals surface area (Å²) < 4.78 is 5.08. The van der Waals surface area contributed by atoms with Gasteiger partial charge in [-0.15, -0.1) is 0 Å². The van der Waals surface area contributed by atoms with Gasteiger partial charge in [-0.05, 0) is 43.1 Å². The van der Waals surface area contributed by atoms with Gasteiger partial charge < -0.3 is 15.2 Å². The van der Waals surface area contributed by atoms with Crippen molar-refractivity contribution in [2.45, 2.75) is 19.4 Å². The van der Waals surface area contributed by atoms with Crippen molar-refractivity contribution in [1.29, 1.82) is 0 Å². The number of phenolic OH excluding ortho intramolecular Hbond substituents is 1. The molecule has 1 unspecified atom stereocenters. The molecule has 0 fully saturated rings. The summed E-state index contributed by atoms with van der Waals surface area (Å²) >= 11 is 0. The van der Waals surface area contributed by atoms with Crippen LogP contribution in [-0.4, -0.2) is 18.8 Å². The zero-order chi connectivity index (χ0) is 10.1. The fraction of sp³-hybridized carbons (Fsp3) is 0.455. The van der Waals surface area contributed by atoms with Crippen molar-refractivity contribution in [2.75, 3.05) is 13.7 Å². The summed E-state index contributed by atoms with van der Waals surface area (Å²) in [7, 11) is 1.57. The van der Waals surface area contributed by atoms with E-state index in [1.54, 1.807) is 7.11 Å². The number of hydrogen-bond acceptors (Lipinski definition) is 3. The minimum Gasteiger partial charge on any atom is -0.504 e. The van der Waals surface area contributed by atoms with E-state index in [1.165, 1.54) is 11.1 Å². The molecule has 0 aliphatic carbocycles. The van der Waals surface area contributed by atoms with Crippen molar-refractivity contribution < 1.29 is 9.84 Å². The quantitative estimate of drug-likeness (QED) is 0.712. The molecule has 0 saturated carbocycles. The molecule has 14 heavy (non-hydrogen) atoms. The van der Waals surface area contributed by atoms with Crippen molar-refractivity contribution in [2.24, 2.45) is 0 Å². The molecule has 1 aliphatic heterocycles. The van der Waals surface area contributed by atoms with E-state index < -0.39 is 0 Å². The van der Waals surface area contributed by atoms with E-state index in [9.17, 15) is 5.11 Å². The van der Waals surface area contributed by atoms with Crippen LogP contribution in [-0.2, 0) is 6.42 Å². The Kier molecular flexibility index (Phi) is 2.33. The molecule has 1 aliphatic rings. The molecule has 1 atom stereocenters. The molecule has 2 N–H and O–H groups in total. The van der Waals surface area contributed by atoms with Crippen molar-refractivity contribution >= 4 is 0 Å². The highest BCUT2D eigenvalue weighted by Crippen LogP contribution is 2.33. The second-order valence-corrected chi connectivity index (χ2v) is 3.65. The molecule has 0 amide bonds. The first-order chi connectivity index (χ1) is 6.72. The van der Waals surface area contributed by atoms with Gasteiger partial charge >= 0.3 is 0 Å². The molecule has 0 spiro atoms. The third-order valence-electron chi connectivity index (χ3n) is 2.75. The highest BCUT2D eigenvalue weighted by molar-refractivity contribution is 5.48. The molecule has 0 bridgehead atoms. The maximum Gasteiger partial charge on any atom is 0.160 e.